The Bertz CT molecular complexity index is 334. The summed E-state index contributed by atoms with van der Waals surface area (Å²) in [6.07, 6.45) is 1.27. The monoisotopic (exact) mass is 269 g/mol. The van der Waals surface area contributed by atoms with Gasteiger partial charge in [0.25, 0.3) is 0 Å². The molecule has 1 saturated heterocycles. The number of benzene rings is 1. The lowest BCUT2D eigenvalue weighted by Crippen LogP contribution is -2.33. The minimum absolute atomic E-state index is 0.224. The largest absolute Gasteiger partial charge is 0.371 e. The predicted molar refractivity (Wildman–Crippen MR) is 65.1 cm³/mol. The highest BCUT2D eigenvalue weighted by Crippen LogP contribution is 2.25. The second-order valence-electron chi connectivity index (χ2n) is 3.76. The van der Waals surface area contributed by atoms with Crippen LogP contribution in [0.25, 0.3) is 0 Å². The fraction of sp³-hybridized carbons (Fsp3) is 0.500. The van der Waals surface area contributed by atoms with Crippen molar-refractivity contribution in [1.82, 2.24) is 5.32 Å². The van der Waals surface area contributed by atoms with Crippen LogP contribution in [0.4, 0.5) is 0 Å². The van der Waals surface area contributed by atoms with Gasteiger partial charge < -0.3 is 10.1 Å². The average molecular weight is 270 g/mol. The molecule has 0 bridgehead atoms. The summed E-state index contributed by atoms with van der Waals surface area (Å²) in [5.74, 6) is 0. The van der Waals surface area contributed by atoms with E-state index in [4.69, 9.17) is 4.74 Å². The number of ether oxygens (including phenoxy) is 1. The highest BCUT2D eigenvalue weighted by atomic mass is 79.9. The van der Waals surface area contributed by atoms with Crippen molar-refractivity contribution in [3.8, 4) is 0 Å². The molecule has 15 heavy (non-hydrogen) atoms. The van der Waals surface area contributed by atoms with Crippen molar-refractivity contribution in [2.45, 2.75) is 19.4 Å². The van der Waals surface area contributed by atoms with Crippen LogP contribution < -0.4 is 5.32 Å². The van der Waals surface area contributed by atoms with Crippen molar-refractivity contribution in [3.63, 3.8) is 0 Å². The molecule has 0 aromatic heterocycles. The summed E-state index contributed by atoms with van der Waals surface area (Å²) in [6, 6.07) is 6.44. The summed E-state index contributed by atoms with van der Waals surface area (Å²) >= 11 is 3.50. The Hall–Kier alpha value is -0.380. The number of hydrogen-bond donors (Lipinski definition) is 1. The summed E-state index contributed by atoms with van der Waals surface area (Å²) < 4.78 is 6.91. The smallest absolute Gasteiger partial charge is 0.0952 e. The molecule has 0 saturated carbocycles. The summed E-state index contributed by atoms with van der Waals surface area (Å²) in [7, 11) is 0. The molecule has 1 aromatic rings. The summed E-state index contributed by atoms with van der Waals surface area (Å²) in [6.45, 7) is 4.88. The molecule has 1 aliphatic heterocycles. The normalized spacial score (nSPS) is 21.6. The maximum Gasteiger partial charge on any atom is 0.0952 e. The Kier molecular flexibility index (Phi) is 3.78. The third kappa shape index (κ3) is 2.60. The number of rotatable bonds is 2. The van der Waals surface area contributed by atoms with Crippen molar-refractivity contribution < 1.29 is 4.74 Å². The van der Waals surface area contributed by atoms with E-state index in [1.165, 1.54) is 11.1 Å². The topological polar surface area (TPSA) is 21.3 Å². The second-order valence-corrected chi connectivity index (χ2v) is 4.68. The van der Waals surface area contributed by atoms with Gasteiger partial charge in [-0.2, -0.15) is 0 Å². The molecule has 1 atom stereocenters. The van der Waals surface area contributed by atoms with E-state index in [1.54, 1.807) is 0 Å². The van der Waals surface area contributed by atoms with Crippen LogP contribution in [0.3, 0.4) is 0 Å². The van der Waals surface area contributed by atoms with Crippen LogP contribution in [0.15, 0.2) is 22.7 Å². The van der Waals surface area contributed by atoms with Crippen LogP contribution in [0.5, 0.6) is 0 Å². The van der Waals surface area contributed by atoms with Crippen LogP contribution >= 0.6 is 15.9 Å². The summed E-state index contributed by atoms with van der Waals surface area (Å²) in [5, 5.41) is 3.36. The molecular formula is C12H16BrNO. The fourth-order valence-corrected chi connectivity index (χ4v) is 2.37. The molecule has 0 amide bonds. The molecule has 1 heterocycles. The molecule has 1 N–H and O–H groups in total. The molecule has 2 rings (SSSR count). The molecule has 0 spiro atoms. The third-order valence-corrected chi connectivity index (χ3v) is 3.25. The van der Waals surface area contributed by atoms with E-state index in [0.29, 0.717) is 0 Å². The molecule has 2 nitrogen and oxygen atoms in total. The highest BCUT2D eigenvalue weighted by molar-refractivity contribution is 9.10. The van der Waals surface area contributed by atoms with E-state index in [1.807, 2.05) is 0 Å². The lowest BCUT2D eigenvalue weighted by molar-refractivity contribution is 0.0272. The lowest BCUT2D eigenvalue weighted by atomic mass is 10.00. The zero-order valence-electron chi connectivity index (χ0n) is 8.92. The Morgan fingerprint density at radius 2 is 2.40 bits per heavy atom. The quantitative estimate of drug-likeness (QED) is 0.892. The zero-order chi connectivity index (χ0) is 10.7. The van der Waals surface area contributed by atoms with Gasteiger partial charge in [-0.15, -0.1) is 0 Å². The molecular weight excluding hydrogens is 254 g/mol. The van der Waals surface area contributed by atoms with Crippen molar-refractivity contribution in [1.29, 1.82) is 0 Å². The Balaban J connectivity index is 2.25. The van der Waals surface area contributed by atoms with Gasteiger partial charge in [-0.1, -0.05) is 28.9 Å². The Labute approximate surface area is 99.1 Å². The van der Waals surface area contributed by atoms with E-state index < -0.39 is 0 Å². The summed E-state index contributed by atoms with van der Waals surface area (Å²) in [5.41, 5.74) is 2.70. The number of hydrogen-bond acceptors (Lipinski definition) is 2. The molecule has 3 heteroatoms. The molecule has 1 fully saturated rings. The van der Waals surface area contributed by atoms with Gasteiger partial charge in [-0.05, 0) is 29.7 Å². The van der Waals surface area contributed by atoms with Crippen LogP contribution in [-0.2, 0) is 11.2 Å². The highest BCUT2D eigenvalue weighted by Gasteiger charge is 2.17. The van der Waals surface area contributed by atoms with Gasteiger partial charge in [0.2, 0.25) is 0 Å². The maximum atomic E-state index is 5.77. The number of halogens is 1. The Morgan fingerprint density at radius 1 is 1.53 bits per heavy atom. The minimum atomic E-state index is 0.224. The van der Waals surface area contributed by atoms with Crippen LogP contribution in [0.1, 0.15) is 24.2 Å². The van der Waals surface area contributed by atoms with E-state index >= 15 is 0 Å². The Morgan fingerprint density at radius 3 is 3.07 bits per heavy atom. The van der Waals surface area contributed by atoms with Gasteiger partial charge in [0, 0.05) is 17.6 Å². The van der Waals surface area contributed by atoms with Crippen molar-refractivity contribution >= 4 is 15.9 Å². The first kappa shape index (κ1) is 11.1. The van der Waals surface area contributed by atoms with Crippen LogP contribution in [0.2, 0.25) is 0 Å². The van der Waals surface area contributed by atoms with E-state index in [9.17, 15) is 0 Å². The van der Waals surface area contributed by atoms with Gasteiger partial charge in [0.15, 0.2) is 0 Å². The minimum Gasteiger partial charge on any atom is -0.371 e. The SMILES string of the molecule is CCc1cc(Br)ccc1C1CNCCO1. The first-order valence-corrected chi connectivity index (χ1v) is 6.21. The predicted octanol–water partition coefficient (Wildman–Crippen LogP) is 2.67. The van der Waals surface area contributed by atoms with Gasteiger partial charge in [-0.25, -0.2) is 0 Å². The first-order valence-electron chi connectivity index (χ1n) is 5.42. The first-order chi connectivity index (χ1) is 7.31. The van der Waals surface area contributed by atoms with E-state index in [2.05, 4.69) is 46.4 Å². The molecule has 0 aliphatic carbocycles. The number of nitrogens with one attached hydrogen (secondary N) is 1. The molecule has 82 valence electrons. The molecule has 0 radical (unpaired) electrons. The standard InChI is InChI=1S/C12H16BrNO/c1-2-9-7-10(13)3-4-11(9)12-8-14-5-6-15-12/h3-4,7,12,14H,2,5-6,8H2,1H3. The number of aryl methyl sites for hydroxylation is 1. The number of morpholine rings is 1. The van der Waals surface area contributed by atoms with Gasteiger partial charge in [-0.3, -0.25) is 0 Å². The zero-order valence-corrected chi connectivity index (χ0v) is 10.5. The lowest BCUT2D eigenvalue weighted by Gasteiger charge is -2.25. The van der Waals surface area contributed by atoms with Gasteiger partial charge in [0.1, 0.15) is 0 Å². The molecule has 1 unspecified atom stereocenters. The van der Waals surface area contributed by atoms with E-state index in [0.717, 1.165) is 30.6 Å². The molecule has 1 aliphatic rings. The average Bonchev–Trinajstić information content (AvgIpc) is 2.30. The fourth-order valence-electron chi connectivity index (χ4n) is 1.96. The second kappa shape index (κ2) is 5.10. The van der Waals surface area contributed by atoms with Crippen molar-refractivity contribution in [2.75, 3.05) is 19.7 Å². The summed E-state index contributed by atoms with van der Waals surface area (Å²) in [4.78, 5) is 0. The molecule has 1 aromatic carbocycles. The maximum absolute atomic E-state index is 5.77. The van der Waals surface area contributed by atoms with Crippen LogP contribution in [-0.4, -0.2) is 19.7 Å². The van der Waals surface area contributed by atoms with Crippen LogP contribution in [0, 0.1) is 0 Å². The third-order valence-electron chi connectivity index (χ3n) is 2.76. The van der Waals surface area contributed by atoms with Gasteiger partial charge in [0.05, 0.1) is 12.7 Å². The van der Waals surface area contributed by atoms with E-state index in [-0.39, 0.29) is 6.10 Å². The van der Waals surface area contributed by atoms with Gasteiger partial charge >= 0.3 is 0 Å². The van der Waals surface area contributed by atoms with Crippen molar-refractivity contribution in [2.24, 2.45) is 0 Å². The van der Waals surface area contributed by atoms with Crippen molar-refractivity contribution in [3.05, 3.63) is 33.8 Å².